The fraction of sp³-hybridized carbons (Fsp3) is 0.346. The summed E-state index contributed by atoms with van der Waals surface area (Å²) in [5.74, 6) is 0.594. The van der Waals surface area contributed by atoms with E-state index in [1.807, 2.05) is 25.3 Å². The highest BCUT2D eigenvalue weighted by molar-refractivity contribution is 7.93. The Kier molecular flexibility index (Phi) is 6.18. The van der Waals surface area contributed by atoms with Crippen LogP contribution in [0.1, 0.15) is 18.5 Å². The lowest BCUT2D eigenvalue weighted by atomic mass is 9.98. The summed E-state index contributed by atoms with van der Waals surface area (Å²) in [6, 6.07) is 16.2. The van der Waals surface area contributed by atoms with E-state index in [4.69, 9.17) is 4.74 Å². The highest BCUT2D eigenvalue weighted by Crippen LogP contribution is 2.35. The number of aromatic nitrogens is 1. The fourth-order valence-corrected chi connectivity index (χ4v) is 5.70. The Morgan fingerprint density at radius 1 is 1.00 bits per heavy atom. The first-order valence-corrected chi connectivity index (χ1v) is 13.2. The van der Waals surface area contributed by atoms with Gasteiger partial charge in [0.05, 0.1) is 18.0 Å². The molecule has 0 radical (unpaired) electrons. The van der Waals surface area contributed by atoms with Crippen molar-refractivity contribution in [3.63, 3.8) is 0 Å². The highest BCUT2D eigenvalue weighted by atomic mass is 32.2. The largest absolute Gasteiger partial charge is 0.497 e. The molecular formula is C26H30N4O3S. The van der Waals surface area contributed by atoms with Gasteiger partial charge in [0.25, 0.3) is 0 Å². The number of hydrogen-bond acceptors (Lipinski definition) is 6. The standard InChI is InChI=1S/C26H30N4O3S/c1-18-26(20-13-22(16-24(14-20)33-2)29-34(31,32)25-7-8-25)15-21(17-28-18)19-3-5-23(6-4-19)30-11-9-27-10-12-30/h3-6,13-17,25,27,29H,7-12H2,1-2H3. The second kappa shape index (κ2) is 9.27. The SMILES string of the molecule is COc1cc(NS(=O)(=O)C2CC2)cc(-c2cc(-c3ccc(N4CCNCC4)cc3)cnc2C)c1. The fourth-order valence-electron chi connectivity index (χ4n) is 4.33. The summed E-state index contributed by atoms with van der Waals surface area (Å²) in [5.41, 5.74) is 6.50. The van der Waals surface area contributed by atoms with Crippen LogP contribution >= 0.6 is 0 Å². The summed E-state index contributed by atoms with van der Waals surface area (Å²) in [6.07, 6.45) is 3.31. The molecule has 178 valence electrons. The molecule has 0 atom stereocenters. The van der Waals surface area contributed by atoms with Crippen molar-refractivity contribution < 1.29 is 13.2 Å². The van der Waals surface area contributed by atoms with Crippen LogP contribution in [0.5, 0.6) is 5.75 Å². The van der Waals surface area contributed by atoms with Gasteiger partial charge in [-0.25, -0.2) is 8.42 Å². The van der Waals surface area contributed by atoms with Crippen LogP contribution in [0.4, 0.5) is 11.4 Å². The zero-order valence-electron chi connectivity index (χ0n) is 19.5. The molecule has 1 aliphatic heterocycles. The molecule has 2 aliphatic rings. The summed E-state index contributed by atoms with van der Waals surface area (Å²) in [6.45, 7) is 6.00. The Bertz CT molecular complexity index is 1280. The van der Waals surface area contributed by atoms with Gasteiger partial charge in [-0.15, -0.1) is 0 Å². The van der Waals surface area contributed by atoms with Crippen LogP contribution < -0.4 is 19.7 Å². The molecule has 7 nitrogen and oxygen atoms in total. The molecule has 8 heteroatoms. The van der Waals surface area contributed by atoms with Crippen molar-refractivity contribution in [2.75, 3.05) is 42.9 Å². The number of piperazine rings is 1. The third-order valence-electron chi connectivity index (χ3n) is 6.45. The molecule has 2 heterocycles. The van der Waals surface area contributed by atoms with E-state index in [9.17, 15) is 8.42 Å². The molecule has 0 unspecified atom stereocenters. The van der Waals surface area contributed by atoms with Crippen molar-refractivity contribution in [2.24, 2.45) is 0 Å². The number of anilines is 2. The minimum atomic E-state index is -3.37. The molecule has 1 aromatic heterocycles. The molecule has 1 saturated heterocycles. The number of sulfonamides is 1. The molecule has 0 bridgehead atoms. The first-order valence-electron chi connectivity index (χ1n) is 11.7. The Hall–Kier alpha value is -3.10. The summed E-state index contributed by atoms with van der Waals surface area (Å²) in [7, 11) is -1.78. The minimum Gasteiger partial charge on any atom is -0.497 e. The monoisotopic (exact) mass is 478 g/mol. The number of rotatable bonds is 7. The maximum Gasteiger partial charge on any atom is 0.235 e. The van der Waals surface area contributed by atoms with Crippen LogP contribution in [0.3, 0.4) is 0 Å². The first-order chi connectivity index (χ1) is 16.4. The minimum absolute atomic E-state index is 0.293. The normalized spacial score (nSPS) is 16.4. The Morgan fingerprint density at radius 3 is 2.41 bits per heavy atom. The predicted molar refractivity (Wildman–Crippen MR) is 137 cm³/mol. The molecular weight excluding hydrogens is 448 g/mol. The molecule has 2 fully saturated rings. The molecule has 0 amide bonds. The zero-order valence-corrected chi connectivity index (χ0v) is 20.4. The number of nitrogens with one attached hydrogen (secondary N) is 2. The second-order valence-corrected chi connectivity index (χ2v) is 10.9. The summed E-state index contributed by atoms with van der Waals surface area (Å²) >= 11 is 0. The lowest BCUT2D eigenvalue weighted by Gasteiger charge is -2.29. The number of benzene rings is 2. The summed E-state index contributed by atoms with van der Waals surface area (Å²) < 4.78 is 33.2. The van der Waals surface area contributed by atoms with Gasteiger partial charge in [-0.2, -0.15) is 0 Å². The molecule has 0 spiro atoms. The second-order valence-electron chi connectivity index (χ2n) is 8.94. The van der Waals surface area contributed by atoms with Crippen LogP contribution in [-0.2, 0) is 10.0 Å². The number of methoxy groups -OCH3 is 1. The van der Waals surface area contributed by atoms with Gasteiger partial charge in [-0.05, 0) is 61.2 Å². The number of hydrogen-bond donors (Lipinski definition) is 2. The highest BCUT2D eigenvalue weighted by Gasteiger charge is 2.35. The molecule has 34 heavy (non-hydrogen) atoms. The Balaban J connectivity index is 1.46. The van der Waals surface area contributed by atoms with Crippen molar-refractivity contribution >= 4 is 21.4 Å². The van der Waals surface area contributed by atoms with Gasteiger partial charge in [-0.1, -0.05) is 12.1 Å². The molecule has 2 aromatic carbocycles. The van der Waals surface area contributed by atoms with Crippen LogP contribution in [-0.4, -0.2) is 51.9 Å². The third kappa shape index (κ3) is 4.88. The van der Waals surface area contributed by atoms with Gasteiger partial charge in [0.15, 0.2) is 0 Å². The average Bonchev–Trinajstić information content (AvgIpc) is 3.71. The number of ether oxygens (including phenoxy) is 1. The van der Waals surface area contributed by atoms with E-state index in [0.717, 1.165) is 54.1 Å². The maximum atomic E-state index is 12.5. The summed E-state index contributed by atoms with van der Waals surface area (Å²) in [5, 5.41) is 3.09. The van der Waals surface area contributed by atoms with E-state index in [-0.39, 0.29) is 5.25 Å². The van der Waals surface area contributed by atoms with Crippen LogP contribution in [0.15, 0.2) is 54.7 Å². The van der Waals surface area contributed by atoms with Crippen molar-refractivity contribution in [1.29, 1.82) is 0 Å². The van der Waals surface area contributed by atoms with E-state index >= 15 is 0 Å². The zero-order chi connectivity index (χ0) is 23.7. The lowest BCUT2D eigenvalue weighted by Crippen LogP contribution is -2.43. The van der Waals surface area contributed by atoms with Crippen LogP contribution in [0.25, 0.3) is 22.3 Å². The Labute approximate surface area is 201 Å². The molecule has 1 saturated carbocycles. The van der Waals surface area contributed by atoms with Gasteiger partial charge < -0.3 is 15.0 Å². The molecule has 3 aromatic rings. The van der Waals surface area contributed by atoms with Crippen molar-refractivity contribution in [1.82, 2.24) is 10.3 Å². The van der Waals surface area contributed by atoms with Gasteiger partial charge in [-0.3, -0.25) is 9.71 Å². The van der Waals surface area contributed by atoms with Crippen LogP contribution in [0.2, 0.25) is 0 Å². The number of aryl methyl sites for hydroxylation is 1. The topological polar surface area (TPSA) is 83.6 Å². The lowest BCUT2D eigenvalue weighted by molar-refractivity contribution is 0.415. The van der Waals surface area contributed by atoms with E-state index in [2.05, 4.69) is 50.3 Å². The Morgan fingerprint density at radius 2 is 1.74 bits per heavy atom. The predicted octanol–water partition coefficient (Wildman–Crippen LogP) is 4.05. The van der Waals surface area contributed by atoms with Gasteiger partial charge in [0.1, 0.15) is 5.75 Å². The van der Waals surface area contributed by atoms with Gasteiger partial charge in [0, 0.05) is 61.0 Å². The van der Waals surface area contributed by atoms with E-state index < -0.39 is 10.0 Å². The maximum absolute atomic E-state index is 12.5. The first kappa shape index (κ1) is 22.7. The van der Waals surface area contributed by atoms with E-state index in [1.54, 1.807) is 13.2 Å². The number of nitrogens with zero attached hydrogens (tertiary/aromatic N) is 2. The van der Waals surface area contributed by atoms with Gasteiger partial charge in [0.2, 0.25) is 10.0 Å². The molecule has 5 rings (SSSR count). The van der Waals surface area contributed by atoms with Crippen LogP contribution in [0, 0.1) is 6.92 Å². The van der Waals surface area contributed by atoms with Gasteiger partial charge >= 0.3 is 0 Å². The quantitative estimate of drug-likeness (QED) is 0.533. The average molecular weight is 479 g/mol. The van der Waals surface area contributed by atoms with Crippen molar-refractivity contribution in [2.45, 2.75) is 25.0 Å². The van der Waals surface area contributed by atoms with E-state index in [1.165, 1.54) is 5.69 Å². The third-order valence-corrected chi connectivity index (χ3v) is 8.32. The molecule has 2 N–H and O–H groups in total. The number of pyridine rings is 1. The van der Waals surface area contributed by atoms with Crippen molar-refractivity contribution in [3.05, 3.63) is 60.4 Å². The van der Waals surface area contributed by atoms with E-state index in [0.29, 0.717) is 24.3 Å². The molecule has 1 aliphatic carbocycles. The summed E-state index contributed by atoms with van der Waals surface area (Å²) in [4.78, 5) is 7.03. The van der Waals surface area contributed by atoms with Crippen molar-refractivity contribution in [3.8, 4) is 28.0 Å². The smallest absolute Gasteiger partial charge is 0.235 e.